The lowest BCUT2D eigenvalue weighted by molar-refractivity contribution is -0.896. The Kier molecular flexibility index (Phi) is 6.47. The number of carbonyl (C=O) groups is 1. The minimum atomic E-state index is -3.48. The van der Waals surface area contributed by atoms with E-state index in [0.29, 0.717) is 49.7 Å². The number of amides is 1. The molecule has 28 heavy (non-hydrogen) atoms. The molecule has 0 aliphatic carbocycles. The molecule has 1 amide bonds. The predicted octanol–water partition coefficient (Wildman–Crippen LogP) is 0.982. The Morgan fingerprint density at radius 1 is 1.11 bits per heavy atom. The van der Waals surface area contributed by atoms with Gasteiger partial charge in [0, 0.05) is 12.1 Å². The lowest BCUT2D eigenvalue weighted by Crippen LogP contribution is -3.16. The molecular formula is C21H34N3O3S+. The minimum absolute atomic E-state index is 0.209. The normalized spacial score (nSPS) is 25.1. The first-order valence-electron chi connectivity index (χ1n) is 10.4. The maximum Gasteiger partial charge on any atom is 0.278 e. The summed E-state index contributed by atoms with van der Waals surface area (Å²) in [4.78, 5) is 16.5. The molecule has 7 heteroatoms. The molecule has 2 atom stereocenters. The van der Waals surface area contributed by atoms with Crippen LogP contribution in [0.5, 0.6) is 0 Å². The van der Waals surface area contributed by atoms with Crippen molar-refractivity contribution < 1.29 is 18.1 Å². The first kappa shape index (κ1) is 21.3. The molecule has 1 N–H and O–H groups in total. The number of hydrogen-bond donors (Lipinski definition) is 1. The van der Waals surface area contributed by atoms with Gasteiger partial charge in [-0.25, -0.2) is 8.42 Å². The largest absolute Gasteiger partial charge is 0.332 e. The molecule has 156 valence electrons. The number of likely N-dealkylation sites (tertiary alicyclic amines) is 1. The molecule has 0 aromatic heterocycles. The Bertz CT molecular complexity index is 806. The number of aryl methyl sites for hydroxylation is 2. The molecule has 1 aromatic carbocycles. The molecule has 1 aromatic rings. The first-order chi connectivity index (χ1) is 13.2. The molecule has 2 aliphatic rings. The maximum absolute atomic E-state index is 13.1. The fourth-order valence-electron chi connectivity index (χ4n) is 4.56. The Morgan fingerprint density at radius 3 is 2.32 bits per heavy atom. The molecule has 2 fully saturated rings. The zero-order valence-electron chi connectivity index (χ0n) is 17.6. The van der Waals surface area contributed by atoms with Crippen molar-refractivity contribution in [3.63, 3.8) is 0 Å². The van der Waals surface area contributed by atoms with Gasteiger partial charge in [0.15, 0.2) is 6.54 Å². The van der Waals surface area contributed by atoms with Gasteiger partial charge in [-0.2, -0.15) is 4.31 Å². The second-order valence-corrected chi connectivity index (χ2v) is 10.4. The fourth-order valence-corrected chi connectivity index (χ4v) is 6.31. The number of carbonyl (C=O) groups excluding carboxylic acids is 1. The van der Waals surface area contributed by atoms with Crippen LogP contribution < -0.4 is 4.90 Å². The van der Waals surface area contributed by atoms with E-state index in [4.69, 9.17) is 0 Å². The van der Waals surface area contributed by atoms with Crippen LogP contribution in [0.4, 0.5) is 0 Å². The molecule has 0 radical (unpaired) electrons. The third-order valence-corrected chi connectivity index (χ3v) is 8.31. The van der Waals surface area contributed by atoms with Crippen LogP contribution in [0.25, 0.3) is 0 Å². The number of sulfonamides is 1. The van der Waals surface area contributed by atoms with Gasteiger partial charge in [-0.1, -0.05) is 12.1 Å². The third-order valence-electron chi connectivity index (χ3n) is 6.27. The highest BCUT2D eigenvalue weighted by Crippen LogP contribution is 2.23. The van der Waals surface area contributed by atoms with E-state index >= 15 is 0 Å². The van der Waals surface area contributed by atoms with E-state index in [2.05, 4.69) is 18.7 Å². The van der Waals surface area contributed by atoms with Gasteiger partial charge >= 0.3 is 0 Å². The summed E-state index contributed by atoms with van der Waals surface area (Å²) >= 11 is 0. The lowest BCUT2D eigenvalue weighted by Gasteiger charge is -2.40. The van der Waals surface area contributed by atoms with Crippen molar-refractivity contribution in [2.75, 3.05) is 32.7 Å². The number of rotatable bonds is 4. The van der Waals surface area contributed by atoms with Gasteiger partial charge in [-0.3, -0.25) is 4.79 Å². The summed E-state index contributed by atoms with van der Waals surface area (Å²) in [5.41, 5.74) is 1.73. The summed E-state index contributed by atoms with van der Waals surface area (Å²) in [6, 6.07) is 6.17. The van der Waals surface area contributed by atoms with Crippen LogP contribution in [-0.4, -0.2) is 68.3 Å². The van der Waals surface area contributed by atoms with Crippen LogP contribution in [0.3, 0.4) is 0 Å². The molecule has 0 bridgehead atoms. The topological polar surface area (TPSA) is 62.1 Å². The van der Waals surface area contributed by atoms with Crippen LogP contribution in [0.1, 0.15) is 44.2 Å². The van der Waals surface area contributed by atoms with Crippen LogP contribution in [-0.2, 0) is 14.8 Å². The van der Waals surface area contributed by atoms with Gasteiger partial charge in [-0.05, 0) is 64.2 Å². The van der Waals surface area contributed by atoms with Crippen molar-refractivity contribution in [1.82, 2.24) is 9.21 Å². The number of quaternary nitrogens is 1. The standard InChI is InChI=1S/C21H33N3O3S/c1-16-8-9-17(2)20(14-16)28(26,27)23-12-10-22(11-13-23)15-21(25)24-18(3)6-5-7-19(24)4/h8-9,14,18-19H,5-7,10-13,15H2,1-4H3/p+1/t18-,19+. The average Bonchev–Trinajstić information content (AvgIpc) is 2.64. The van der Waals surface area contributed by atoms with E-state index in [1.165, 1.54) is 11.3 Å². The highest BCUT2D eigenvalue weighted by Gasteiger charge is 2.35. The van der Waals surface area contributed by atoms with Gasteiger partial charge in [0.05, 0.1) is 31.1 Å². The number of benzene rings is 1. The SMILES string of the molecule is Cc1ccc(C)c(S(=O)(=O)N2CC[NH+](CC(=O)N3[C@H](C)CCC[C@@H]3C)CC2)c1. The molecule has 2 saturated heterocycles. The van der Waals surface area contributed by atoms with Crippen molar-refractivity contribution in [2.45, 2.75) is 63.9 Å². The second-order valence-electron chi connectivity index (χ2n) is 8.53. The molecule has 0 saturated carbocycles. The van der Waals surface area contributed by atoms with Crippen LogP contribution in [0.2, 0.25) is 0 Å². The first-order valence-corrected chi connectivity index (χ1v) is 11.9. The van der Waals surface area contributed by atoms with E-state index in [9.17, 15) is 13.2 Å². The second kappa shape index (κ2) is 8.51. The predicted molar refractivity (Wildman–Crippen MR) is 110 cm³/mol. The maximum atomic E-state index is 13.1. The molecular weight excluding hydrogens is 374 g/mol. The smallest absolute Gasteiger partial charge is 0.278 e. The van der Waals surface area contributed by atoms with E-state index in [0.717, 1.165) is 24.0 Å². The molecule has 2 aliphatic heterocycles. The van der Waals surface area contributed by atoms with Crippen molar-refractivity contribution in [1.29, 1.82) is 0 Å². The Hall–Kier alpha value is -1.44. The highest BCUT2D eigenvalue weighted by atomic mass is 32.2. The van der Waals surface area contributed by atoms with E-state index in [1.54, 1.807) is 10.4 Å². The summed E-state index contributed by atoms with van der Waals surface area (Å²) in [5, 5.41) is 0. The number of hydrogen-bond acceptors (Lipinski definition) is 3. The number of piperidine rings is 1. The van der Waals surface area contributed by atoms with Crippen LogP contribution in [0, 0.1) is 13.8 Å². The number of nitrogens with one attached hydrogen (secondary N) is 1. The zero-order valence-corrected chi connectivity index (χ0v) is 18.4. The molecule has 0 spiro atoms. The van der Waals surface area contributed by atoms with Gasteiger partial charge < -0.3 is 9.80 Å². The molecule has 3 rings (SSSR count). The van der Waals surface area contributed by atoms with E-state index in [-0.39, 0.29) is 5.91 Å². The molecule has 6 nitrogen and oxygen atoms in total. The Labute approximate surface area is 169 Å². The van der Waals surface area contributed by atoms with E-state index < -0.39 is 10.0 Å². The van der Waals surface area contributed by atoms with Gasteiger partial charge in [0.25, 0.3) is 5.91 Å². The van der Waals surface area contributed by atoms with Crippen molar-refractivity contribution in [2.24, 2.45) is 0 Å². The summed E-state index contributed by atoms with van der Waals surface area (Å²) in [7, 11) is -3.48. The zero-order chi connectivity index (χ0) is 20.5. The third kappa shape index (κ3) is 4.42. The Morgan fingerprint density at radius 2 is 1.71 bits per heavy atom. The summed E-state index contributed by atoms with van der Waals surface area (Å²) in [6.45, 7) is 10.8. The number of nitrogens with zero attached hydrogens (tertiary/aromatic N) is 2. The van der Waals surface area contributed by atoms with Crippen molar-refractivity contribution in [3.8, 4) is 0 Å². The molecule has 0 unspecified atom stereocenters. The summed E-state index contributed by atoms with van der Waals surface area (Å²) < 4.78 is 27.7. The lowest BCUT2D eigenvalue weighted by atomic mass is 9.97. The van der Waals surface area contributed by atoms with Crippen molar-refractivity contribution in [3.05, 3.63) is 29.3 Å². The van der Waals surface area contributed by atoms with E-state index in [1.807, 2.05) is 26.0 Å². The van der Waals surface area contributed by atoms with Crippen LogP contribution >= 0.6 is 0 Å². The van der Waals surface area contributed by atoms with Gasteiger partial charge in [-0.15, -0.1) is 0 Å². The summed E-state index contributed by atoms with van der Waals surface area (Å²) in [5.74, 6) is 0.209. The Balaban J connectivity index is 1.61. The fraction of sp³-hybridized carbons (Fsp3) is 0.667. The monoisotopic (exact) mass is 408 g/mol. The minimum Gasteiger partial charge on any atom is -0.332 e. The quantitative estimate of drug-likeness (QED) is 0.808. The summed E-state index contributed by atoms with van der Waals surface area (Å²) in [6.07, 6.45) is 3.34. The van der Waals surface area contributed by atoms with Crippen molar-refractivity contribution >= 4 is 15.9 Å². The van der Waals surface area contributed by atoms with Gasteiger partial charge in [0.1, 0.15) is 0 Å². The van der Waals surface area contributed by atoms with Crippen LogP contribution in [0.15, 0.2) is 23.1 Å². The average molecular weight is 409 g/mol. The highest BCUT2D eigenvalue weighted by molar-refractivity contribution is 7.89. The molecule has 2 heterocycles. The van der Waals surface area contributed by atoms with Gasteiger partial charge in [0.2, 0.25) is 10.0 Å². The number of piperazine rings is 1.